The molecule has 1 amide bonds. The number of halogens is 3. The van der Waals surface area contributed by atoms with E-state index in [4.69, 9.17) is 0 Å². The zero-order valence-corrected chi connectivity index (χ0v) is 12.4. The van der Waals surface area contributed by atoms with Crippen LogP contribution in [-0.4, -0.2) is 31.2 Å². The number of hydrogen-bond donors (Lipinski definition) is 2. The van der Waals surface area contributed by atoms with Crippen LogP contribution in [0.25, 0.3) is 0 Å². The summed E-state index contributed by atoms with van der Waals surface area (Å²) in [6, 6.07) is 3.43. The van der Waals surface area contributed by atoms with Crippen LogP contribution >= 0.6 is 11.3 Å². The number of rotatable bonds is 5. The summed E-state index contributed by atoms with van der Waals surface area (Å²) in [6.07, 6.45) is -2.35. The zero-order valence-electron chi connectivity index (χ0n) is 11.6. The maximum Gasteiger partial charge on any atom is 0.391 e. The molecule has 0 saturated heterocycles. The van der Waals surface area contributed by atoms with E-state index >= 15 is 0 Å². The molecule has 2 N–H and O–H groups in total. The van der Waals surface area contributed by atoms with Crippen molar-refractivity contribution in [1.29, 1.82) is 0 Å². The van der Waals surface area contributed by atoms with Crippen molar-refractivity contribution >= 4 is 17.2 Å². The normalized spacial score (nSPS) is 23.0. The number of nitrogens with one attached hydrogen (secondary N) is 2. The quantitative estimate of drug-likeness (QED) is 0.818. The smallest absolute Gasteiger partial charge is 0.350 e. The van der Waals surface area contributed by atoms with Gasteiger partial charge in [0.1, 0.15) is 0 Å². The van der Waals surface area contributed by atoms with Gasteiger partial charge >= 0.3 is 6.18 Å². The molecule has 0 spiro atoms. The topological polar surface area (TPSA) is 41.1 Å². The zero-order chi connectivity index (χ0) is 15.3. The summed E-state index contributed by atoms with van der Waals surface area (Å²) < 4.78 is 38.0. The van der Waals surface area contributed by atoms with Gasteiger partial charge in [-0.3, -0.25) is 4.79 Å². The Kier molecular flexibility index (Phi) is 5.64. The van der Waals surface area contributed by atoms with Gasteiger partial charge in [-0.15, -0.1) is 11.3 Å². The fourth-order valence-electron chi connectivity index (χ4n) is 2.62. The van der Waals surface area contributed by atoms with Crippen molar-refractivity contribution in [3.05, 3.63) is 22.4 Å². The van der Waals surface area contributed by atoms with Gasteiger partial charge in [0, 0.05) is 19.1 Å². The lowest BCUT2D eigenvalue weighted by Gasteiger charge is -2.31. The molecule has 1 aliphatic carbocycles. The lowest BCUT2D eigenvalue weighted by Crippen LogP contribution is -2.41. The minimum absolute atomic E-state index is 0.107. The molecule has 0 radical (unpaired) electrons. The predicted molar refractivity (Wildman–Crippen MR) is 76.5 cm³/mol. The minimum Gasteiger partial charge on any atom is -0.350 e. The SMILES string of the molecule is O=C(NCCN[C@@H]1CCC[C@@H](C(F)(F)F)C1)c1cccs1. The standard InChI is InChI=1S/C14H19F3N2OS/c15-14(16,17)10-3-1-4-11(9-10)18-6-7-19-13(20)12-5-2-8-21-12/h2,5,8,10-11,18H,1,3-4,6-7,9H2,(H,19,20)/t10-,11-/m1/s1. The monoisotopic (exact) mass is 320 g/mol. The molecule has 1 aliphatic rings. The molecule has 21 heavy (non-hydrogen) atoms. The Morgan fingerprint density at radius 3 is 2.81 bits per heavy atom. The molecule has 2 rings (SSSR count). The van der Waals surface area contributed by atoms with E-state index in [1.54, 1.807) is 12.1 Å². The molecule has 3 nitrogen and oxygen atoms in total. The molecule has 1 fully saturated rings. The Labute approximate surface area is 125 Å². The summed E-state index contributed by atoms with van der Waals surface area (Å²) in [5.74, 6) is -1.33. The molecule has 1 heterocycles. The van der Waals surface area contributed by atoms with E-state index < -0.39 is 12.1 Å². The second kappa shape index (κ2) is 7.26. The van der Waals surface area contributed by atoms with Crippen molar-refractivity contribution in [3.63, 3.8) is 0 Å². The number of alkyl halides is 3. The van der Waals surface area contributed by atoms with Gasteiger partial charge in [-0.1, -0.05) is 12.5 Å². The molecule has 0 aliphatic heterocycles. The summed E-state index contributed by atoms with van der Waals surface area (Å²) in [4.78, 5) is 12.3. The van der Waals surface area contributed by atoms with Crippen LogP contribution in [0.3, 0.4) is 0 Å². The van der Waals surface area contributed by atoms with Crippen LogP contribution in [-0.2, 0) is 0 Å². The first-order chi connectivity index (χ1) is 9.97. The Hall–Kier alpha value is -1.08. The Morgan fingerprint density at radius 1 is 1.33 bits per heavy atom. The largest absolute Gasteiger partial charge is 0.391 e. The lowest BCUT2D eigenvalue weighted by atomic mass is 9.85. The number of amides is 1. The second-order valence-corrected chi connectivity index (χ2v) is 6.24. The average molecular weight is 320 g/mol. The van der Waals surface area contributed by atoms with Gasteiger partial charge in [0.25, 0.3) is 5.91 Å². The van der Waals surface area contributed by atoms with Crippen molar-refractivity contribution < 1.29 is 18.0 Å². The molecule has 0 aromatic carbocycles. The van der Waals surface area contributed by atoms with Gasteiger partial charge in [-0.05, 0) is 30.7 Å². The fraction of sp³-hybridized carbons (Fsp3) is 0.643. The maximum absolute atomic E-state index is 12.7. The van der Waals surface area contributed by atoms with Gasteiger partial charge in [0.05, 0.1) is 10.8 Å². The molecule has 1 saturated carbocycles. The van der Waals surface area contributed by atoms with Crippen LogP contribution in [0, 0.1) is 5.92 Å². The first kappa shape index (κ1) is 16.3. The predicted octanol–water partition coefficient (Wildman–Crippen LogP) is 3.19. The van der Waals surface area contributed by atoms with E-state index in [2.05, 4.69) is 10.6 Å². The van der Waals surface area contributed by atoms with Crippen molar-refractivity contribution in [2.24, 2.45) is 5.92 Å². The van der Waals surface area contributed by atoms with Crippen LogP contribution in [0.4, 0.5) is 13.2 Å². The van der Waals surface area contributed by atoms with E-state index in [-0.39, 0.29) is 24.8 Å². The summed E-state index contributed by atoms with van der Waals surface area (Å²) in [5.41, 5.74) is 0. The van der Waals surface area contributed by atoms with Crippen molar-refractivity contribution in [2.75, 3.05) is 13.1 Å². The van der Waals surface area contributed by atoms with E-state index in [0.717, 1.165) is 6.42 Å². The highest BCUT2D eigenvalue weighted by Crippen LogP contribution is 2.37. The van der Waals surface area contributed by atoms with Gasteiger partial charge in [-0.2, -0.15) is 13.2 Å². The molecule has 2 atom stereocenters. The van der Waals surface area contributed by atoms with E-state index in [1.165, 1.54) is 11.3 Å². The lowest BCUT2D eigenvalue weighted by molar-refractivity contribution is -0.183. The highest BCUT2D eigenvalue weighted by atomic mass is 32.1. The highest BCUT2D eigenvalue weighted by Gasteiger charge is 2.41. The molecule has 118 valence electrons. The van der Waals surface area contributed by atoms with Crippen molar-refractivity contribution in [2.45, 2.75) is 37.9 Å². The first-order valence-electron chi connectivity index (χ1n) is 7.08. The number of carbonyl (C=O) groups is 1. The van der Waals surface area contributed by atoms with Crippen LogP contribution in [0.15, 0.2) is 17.5 Å². The molecule has 1 aromatic rings. The van der Waals surface area contributed by atoms with E-state index in [0.29, 0.717) is 24.4 Å². The highest BCUT2D eigenvalue weighted by molar-refractivity contribution is 7.12. The van der Waals surface area contributed by atoms with Gasteiger partial charge < -0.3 is 10.6 Å². The van der Waals surface area contributed by atoms with Crippen LogP contribution in [0.2, 0.25) is 0 Å². The minimum atomic E-state index is -4.09. The third-order valence-corrected chi connectivity index (χ3v) is 4.59. The molecular weight excluding hydrogens is 301 g/mol. The number of carbonyl (C=O) groups excluding carboxylic acids is 1. The van der Waals surface area contributed by atoms with Crippen LogP contribution in [0.1, 0.15) is 35.4 Å². The van der Waals surface area contributed by atoms with Crippen molar-refractivity contribution in [1.82, 2.24) is 10.6 Å². The fourth-order valence-corrected chi connectivity index (χ4v) is 3.26. The Morgan fingerprint density at radius 2 is 2.14 bits per heavy atom. The summed E-state index contributed by atoms with van der Waals surface area (Å²) >= 11 is 1.36. The second-order valence-electron chi connectivity index (χ2n) is 5.29. The van der Waals surface area contributed by atoms with Gasteiger partial charge in [-0.25, -0.2) is 0 Å². The third kappa shape index (κ3) is 5.00. The van der Waals surface area contributed by atoms with Crippen LogP contribution in [0.5, 0.6) is 0 Å². The molecule has 7 heteroatoms. The number of hydrogen-bond acceptors (Lipinski definition) is 3. The number of thiophene rings is 1. The first-order valence-corrected chi connectivity index (χ1v) is 7.96. The Bertz CT molecular complexity index is 448. The summed E-state index contributed by atoms with van der Waals surface area (Å²) in [6.45, 7) is 0.913. The maximum atomic E-state index is 12.7. The molecule has 0 unspecified atom stereocenters. The molecular formula is C14H19F3N2OS. The third-order valence-electron chi connectivity index (χ3n) is 3.73. The summed E-state index contributed by atoms with van der Waals surface area (Å²) in [5, 5.41) is 7.69. The van der Waals surface area contributed by atoms with E-state index in [1.807, 2.05) is 5.38 Å². The summed E-state index contributed by atoms with van der Waals surface area (Å²) in [7, 11) is 0. The van der Waals surface area contributed by atoms with Crippen LogP contribution < -0.4 is 10.6 Å². The molecule has 1 aromatic heterocycles. The van der Waals surface area contributed by atoms with Gasteiger partial charge in [0.2, 0.25) is 0 Å². The Balaban J connectivity index is 1.65. The van der Waals surface area contributed by atoms with E-state index in [9.17, 15) is 18.0 Å². The molecule has 0 bridgehead atoms. The van der Waals surface area contributed by atoms with Crippen molar-refractivity contribution in [3.8, 4) is 0 Å². The van der Waals surface area contributed by atoms with Gasteiger partial charge in [0.15, 0.2) is 0 Å². The average Bonchev–Trinajstić information content (AvgIpc) is 2.97.